The molecule has 0 aliphatic carbocycles. The number of rotatable bonds is 6. The van der Waals surface area contributed by atoms with Gasteiger partial charge in [0.05, 0.1) is 10.6 Å². The van der Waals surface area contributed by atoms with Gasteiger partial charge >= 0.3 is 5.69 Å². The summed E-state index contributed by atoms with van der Waals surface area (Å²) in [6.45, 7) is 5.26. The number of nitrogens with one attached hydrogen (secondary N) is 1. The summed E-state index contributed by atoms with van der Waals surface area (Å²) in [5.41, 5.74) is 1.27. The molecule has 0 saturated heterocycles. The third-order valence-electron chi connectivity index (χ3n) is 3.05. The van der Waals surface area contributed by atoms with Crippen molar-refractivity contribution >= 4 is 17.5 Å². The van der Waals surface area contributed by atoms with Crippen molar-refractivity contribution in [3.8, 4) is 5.75 Å². The van der Waals surface area contributed by atoms with E-state index in [2.05, 4.69) is 10.5 Å². The third kappa shape index (κ3) is 4.29. The second-order valence-electron chi connectivity index (χ2n) is 5.34. The zero-order valence-corrected chi connectivity index (χ0v) is 13.0. The minimum absolute atomic E-state index is 0.0381. The van der Waals surface area contributed by atoms with Crippen LogP contribution in [0.4, 0.5) is 11.6 Å². The van der Waals surface area contributed by atoms with Crippen LogP contribution < -0.4 is 10.1 Å². The van der Waals surface area contributed by atoms with E-state index < -0.39 is 10.8 Å². The van der Waals surface area contributed by atoms with Gasteiger partial charge in [0.25, 0.3) is 5.91 Å². The Morgan fingerprint density at radius 1 is 1.43 bits per heavy atom. The number of aryl methyl sites for hydroxylation is 1. The number of nitro benzene ring substituents is 1. The van der Waals surface area contributed by atoms with E-state index in [1.165, 1.54) is 12.1 Å². The SMILES string of the molecule is Cc1ccc(OCC(=O)Nc2cc(C(C)C)no2)c([N+](=O)[O-])c1. The quantitative estimate of drug-likeness (QED) is 0.647. The zero-order chi connectivity index (χ0) is 17.0. The average Bonchev–Trinajstić information content (AvgIpc) is 2.94. The summed E-state index contributed by atoms with van der Waals surface area (Å²) in [5.74, 6) is -0.0703. The topological polar surface area (TPSA) is 108 Å². The Labute approximate surface area is 132 Å². The smallest absolute Gasteiger partial charge is 0.311 e. The van der Waals surface area contributed by atoms with Gasteiger partial charge < -0.3 is 9.26 Å². The molecule has 0 aliphatic rings. The van der Waals surface area contributed by atoms with Gasteiger partial charge in [-0.25, -0.2) is 0 Å². The maximum atomic E-state index is 11.8. The molecule has 8 nitrogen and oxygen atoms in total. The molecule has 0 aliphatic heterocycles. The van der Waals surface area contributed by atoms with Crippen LogP contribution in [0.5, 0.6) is 5.75 Å². The molecule has 1 amide bonds. The van der Waals surface area contributed by atoms with Gasteiger partial charge in [-0.05, 0) is 24.5 Å². The molecule has 1 aromatic carbocycles. The molecule has 0 unspecified atom stereocenters. The first-order valence-corrected chi connectivity index (χ1v) is 7.01. The molecule has 1 aromatic heterocycles. The number of benzene rings is 1. The van der Waals surface area contributed by atoms with Gasteiger partial charge in [-0.15, -0.1) is 0 Å². The fourth-order valence-corrected chi connectivity index (χ4v) is 1.83. The zero-order valence-electron chi connectivity index (χ0n) is 13.0. The average molecular weight is 319 g/mol. The van der Waals surface area contributed by atoms with E-state index in [9.17, 15) is 14.9 Å². The number of aromatic nitrogens is 1. The van der Waals surface area contributed by atoms with Crippen molar-refractivity contribution in [1.29, 1.82) is 0 Å². The summed E-state index contributed by atoms with van der Waals surface area (Å²) in [7, 11) is 0. The van der Waals surface area contributed by atoms with Gasteiger partial charge in [-0.2, -0.15) is 0 Å². The Morgan fingerprint density at radius 3 is 2.78 bits per heavy atom. The van der Waals surface area contributed by atoms with Crippen molar-refractivity contribution in [1.82, 2.24) is 5.16 Å². The first-order chi connectivity index (χ1) is 10.9. The molecule has 0 fully saturated rings. The van der Waals surface area contributed by atoms with Crippen molar-refractivity contribution in [2.75, 3.05) is 11.9 Å². The molecule has 8 heteroatoms. The minimum atomic E-state index is -0.550. The maximum absolute atomic E-state index is 11.8. The summed E-state index contributed by atoms with van der Waals surface area (Å²) in [5, 5.41) is 17.3. The predicted octanol–water partition coefficient (Wildman–Crippen LogP) is 3.03. The van der Waals surface area contributed by atoms with Gasteiger partial charge in [-0.1, -0.05) is 25.1 Å². The molecule has 0 atom stereocenters. The van der Waals surface area contributed by atoms with Crippen LogP contribution in [0.3, 0.4) is 0 Å². The largest absolute Gasteiger partial charge is 0.477 e. The maximum Gasteiger partial charge on any atom is 0.311 e. The van der Waals surface area contributed by atoms with Crippen LogP contribution in [0.1, 0.15) is 31.0 Å². The molecule has 2 rings (SSSR count). The summed E-state index contributed by atoms with van der Waals surface area (Å²) in [6, 6.07) is 6.15. The van der Waals surface area contributed by atoms with E-state index in [1.54, 1.807) is 19.1 Å². The molecule has 1 heterocycles. The highest BCUT2D eigenvalue weighted by molar-refractivity contribution is 5.90. The number of carbonyl (C=O) groups is 1. The summed E-state index contributed by atoms with van der Waals surface area (Å²) in [6.07, 6.45) is 0. The summed E-state index contributed by atoms with van der Waals surface area (Å²) < 4.78 is 10.2. The Morgan fingerprint density at radius 2 is 2.17 bits per heavy atom. The van der Waals surface area contributed by atoms with Gasteiger partial charge in [0.15, 0.2) is 12.4 Å². The van der Waals surface area contributed by atoms with Crippen LogP contribution in [0.25, 0.3) is 0 Å². The summed E-state index contributed by atoms with van der Waals surface area (Å²) in [4.78, 5) is 22.2. The number of anilines is 1. The van der Waals surface area contributed by atoms with E-state index >= 15 is 0 Å². The lowest BCUT2D eigenvalue weighted by Crippen LogP contribution is -2.20. The molecule has 2 aromatic rings. The molecular formula is C15H17N3O5. The number of nitrogens with zero attached hydrogens (tertiary/aromatic N) is 2. The Bertz CT molecular complexity index is 724. The molecule has 0 radical (unpaired) electrons. The molecule has 1 N–H and O–H groups in total. The predicted molar refractivity (Wildman–Crippen MR) is 82.6 cm³/mol. The summed E-state index contributed by atoms with van der Waals surface area (Å²) >= 11 is 0. The molecule has 0 saturated carbocycles. The molecule has 0 spiro atoms. The van der Waals surface area contributed by atoms with Gasteiger partial charge in [0.2, 0.25) is 5.88 Å². The monoisotopic (exact) mass is 319 g/mol. The third-order valence-corrected chi connectivity index (χ3v) is 3.05. The lowest BCUT2D eigenvalue weighted by Gasteiger charge is -2.06. The number of hydrogen-bond acceptors (Lipinski definition) is 6. The van der Waals surface area contributed by atoms with E-state index in [-0.39, 0.29) is 29.8 Å². The second kappa shape index (κ2) is 6.91. The van der Waals surface area contributed by atoms with Crippen molar-refractivity contribution in [3.63, 3.8) is 0 Å². The highest BCUT2D eigenvalue weighted by atomic mass is 16.6. The normalized spacial score (nSPS) is 10.6. The first-order valence-electron chi connectivity index (χ1n) is 7.01. The fourth-order valence-electron chi connectivity index (χ4n) is 1.83. The van der Waals surface area contributed by atoms with Gasteiger partial charge in [0, 0.05) is 12.1 Å². The van der Waals surface area contributed by atoms with Crippen LogP contribution >= 0.6 is 0 Å². The van der Waals surface area contributed by atoms with Crippen LogP contribution in [-0.2, 0) is 4.79 Å². The van der Waals surface area contributed by atoms with Crippen molar-refractivity contribution < 1.29 is 19.0 Å². The highest BCUT2D eigenvalue weighted by Crippen LogP contribution is 2.27. The lowest BCUT2D eigenvalue weighted by molar-refractivity contribution is -0.385. The Hall–Kier alpha value is -2.90. The van der Waals surface area contributed by atoms with E-state index in [0.717, 1.165) is 11.3 Å². The van der Waals surface area contributed by atoms with Crippen LogP contribution in [0, 0.1) is 17.0 Å². The number of amides is 1. The van der Waals surface area contributed by atoms with Gasteiger partial charge in [-0.3, -0.25) is 20.2 Å². The van der Waals surface area contributed by atoms with Crippen molar-refractivity contribution in [2.24, 2.45) is 0 Å². The van der Waals surface area contributed by atoms with E-state index in [1.807, 2.05) is 13.8 Å². The standard InChI is InChI=1S/C15H17N3O5/c1-9(2)11-7-15(23-17-11)16-14(19)8-22-13-5-4-10(3)6-12(13)18(20)21/h4-7,9H,8H2,1-3H3,(H,16,19). The molecule has 122 valence electrons. The first kappa shape index (κ1) is 16.5. The van der Waals surface area contributed by atoms with Crippen LogP contribution in [0.2, 0.25) is 0 Å². The molecule has 23 heavy (non-hydrogen) atoms. The number of nitro groups is 1. The highest BCUT2D eigenvalue weighted by Gasteiger charge is 2.17. The Kier molecular flexibility index (Phi) is 4.95. The minimum Gasteiger partial charge on any atom is -0.477 e. The van der Waals surface area contributed by atoms with Crippen LogP contribution in [0.15, 0.2) is 28.8 Å². The van der Waals surface area contributed by atoms with Gasteiger partial charge in [0.1, 0.15) is 0 Å². The lowest BCUT2D eigenvalue weighted by atomic mass is 10.1. The van der Waals surface area contributed by atoms with E-state index in [0.29, 0.717) is 0 Å². The number of hydrogen-bond donors (Lipinski definition) is 1. The molecular weight excluding hydrogens is 302 g/mol. The van der Waals surface area contributed by atoms with Crippen molar-refractivity contribution in [3.05, 3.63) is 45.6 Å². The fraction of sp³-hybridized carbons (Fsp3) is 0.333. The number of ether oxygens (including phenoxy) is 1. The van der Waals surface area contributed by atoms with Crippen LogP contribution in [-0.4, -0.2) is 22.6 Å². The second-order valence-corrected chi connectivity index (χ2v) is 5.34. The molecule has 0 bridgehead atoms. The number of carbonyl (C=O) groups excluding carboxylic acids is 1. The van der Waals surface area contributed by atoms with Crippen molar-refractivity contribution in [2.45, 2.75) is 26.7 Å². The van der Waals surface area contributed by atoms with E-state index in [4.69, 9.17) is 9.26 Å². The Balaban J connectivity index is 1.97.